The third-order valence-electron chi connectivity index (χ3n) is 1.99. The van der Waals surface area contributed by atoms with E-state index in [-0.39, 0.29) is 13.0 Å². The maximum absolute atomic E-state index is 11.0. The third kappa shape index (κ3) is 1.95. The van der Waals surface area contributed by atoms with Gasteiger partial charge in [-0.1, -0.05) is 0 Å². The van der Waals surface area contributed by atoms with Crippen molar-refractivity contribution in [2.45, 2.75) is 17.7 Å². The molecule has 0 spiro atoms. The van der Waals surface area contributed by atoms with Gasteiger partial charge in [-0.3, -0.25) is 4.79 Å². The topological polar surface area (TPSA) is 83.5 Å². The van der Waals surface area contributed by atoms with E-state index >= 15 is 0 Å². The van der Waals surface area contributed by atoms with Crippen LogP contribution in [-0.4, -0.2) is 43.6 Å². The Bertz CT molecular complexity index is 284. The van der Waals surface area contributed by atoms with Crippen molar-refractivity contribution in [1.29, 1.82) is 0 Å². The van der Waals surface area contributed by atoms with Gasteiger partial charge in [-0.15, -0.1) is 0 Å². The Morgan fingerprint density at radius 1 is 1.58 bits per heavy atom. The molecule has 1 heterocycles. The highest BCUT2D eigenvalue weighted by molar-refractivity contribution is 7.91. The standard InChI is InChI=1S/C6H11NO4S/c1-12(10,11)4-2-5(6(8)9)7-3-4/h4-5,7H,2-3H2,1H3,(H,8,9)/t4-,5+/m0/s1. The quantitative estimate of drug-likeness (QED) is 0.578. The highest BCUT2D eigenvalue weighted by atomic mass is 32.2. The second-order valence-electron chi connectivity index (χ2n) is 2.99. The molecule has 70 valence electrons. The van der Waals surface area contributed by atoms with Gasteiger partial charge in [0.05, 0.1) is 5.25 Å². The summed E-state index contributed by atoms with van der Waals surface area (Å²) in [5, 5.41) is 10.6. The summed E-state index contributed by atoms with van der Waals surface area (Å²) in [6.45, 7) is 0.246. The Kier molecular flexibility index (Phi) is 2.39. The lowest BCUT2D eigenvalue weighted by Gasteiger charge is -2.03. The molecule has 12 heavy (non-hydrogen) atoms. The number of carbonyl (C=O) groups is 1. The van der Waals surface area contributed by atoms with E-state index < -0.39 is 27.1 Å². The normalized spacial score (nSPS) is 30.4. The highest BCUT2D eigenvalue weighted by Crippen LogP contribution is 2.13. The second kappa shape index (κ2) is 3.02. The molecule has 0 aromatic heterocycles. The van der Waals surface area contributed by atoms with Gasteiger partial charge in [0.2, 0.25) is 0 Å². The van der Waals surface area contributed by atoms with Gasteiger partial charge in [0.1, 0.15) is 6.04 Å². The lowest BCUT2D eigenvalue weighted by Crippen LogP contribution is -2.30. The van der Waals surface area contributed by atoms with Crippen molar-refractivity contribution in [2.75, 3.05) is 12.8 Å². The van der Waals surface area contributed by atoms with Crippen molar-refractivity contribution in [3.8, 4) is 0 Å². The molecule has 6 heteroatoms. The van der Waals surface area contributed by atoms with E-state index in [0.29, 0.717) is 0 Å². The zero-order chi connectivity index (χ0) is 9.35. The van der Waals surface area contributed by atoms with Gasteiger partial charge in [0, 0.05) is 12.8 Å². The maximum atomic E-state index is 11.0. The average Bonchev–Trinajstić information content (AvgIpc) is 2.30. The van der Waals surface area contributed by atoms with Crippen LogP contribution in [0.15, 0.2) is 0 Å². The van der Waals surface area contributed by atoms with Gasteiger partial charge in [-0.05, 0) is 6.42 Å². The molecule has 2 atom stereocenters. The summed E-state index contributed by atoms with van der Waals surface area (Å²) in [5.74, 6) is -0.985. The minimum atomic E-state index is -3.09. The van der Waals surface area contributed by atoms with Crippen molar-refractivity contribution < 1.29 is 18.3 Å². The SMILES string of the molecule is CS(=O)(=O)[C@@H]1CN[C@@H](C(=O)O)C1. The van der Waals surface area contributed by atoms with E-state index in [2.05, 4.69) is 5.32 Å². The monoisotopic (exact) mass is 193 g/mol. The van der Waals surface area contributed by atoms with Crippen molar-refractivity contribution in [3.63, 3.8) is 0 Å². The number of rotatable bonds is 2. The van der Waals surface area contributed by atoms with Gasteiger partial charge < -0.3 is 10.4 Å². The Morgan fingerprint density at radius 2 is 2.17 bits per heavy atom. The van der Waals surface area contributed by atoms with Crippen molar-refractivity contribution >= 4 is 15.8 Å². The number of nitrogens with one attached hydrogen (secondary N) is 1. The van der Waals surface area contributed by atoms with Crippen LogP contribution in [-0.2, 0) is 14.6 Å². The van der Waals surface area contributed by atoms with E-state index in [1.165, 1.54) is 0 Å². The van der Waals surface area contributed by atoms with Gasteiger partial charge in [0.15, 0.2) is 9.84 Å². The Balaban J connectivity index is 2.64. The molecule has 0 radical (unpaired) electrons. The van der Waals surface area contributed by atoms with E-state index in [1.807, 2.05) is 0 Å². The molecule has 0 amide bonds. The van der Waals surface area contributed by atoms with Gasteiger partial charge in [-0.25, -0.2) is 8.42 Å². The van der Waals surface area contributed by atoms with E-state index in [4.69, 9.17) is 5.11 Å². The first-order chi connectivity index (χ1) is 5.41. The Labute approximate surface area is 70.7 Å². The Hall–Kier alpha value is -0.620. The molecule has 1 aliphatic heterocycles. The first kappa shape index (κ1) is 9.47. The summed E-state index contributed by atoms with van der Waals surface area (Å²) in [7, 11) is -3.09. The van der Waals surface area contributed by atoms with E-state index in [9.17, 15) is 13.2 Å². The smallest absolute Gasteiger partial charge is 0.320 e. The van der Waals surface area contributed by atoms with Crippen LogP contribution < -0.4 is 5.32 Å². The highest BCUT2D eigenvalue weighted by Gasteiger charge is 2.34. The van der Waals surface area contributed by atoms with Gasteiger partial charge in [0.25, 0.3) is 0 Å². The first-order valence-corrected chi connectivity index (χ1v) is 5.52. The molecule has 1 rings (SSSR count). The zero-order valence-corrected chi connectivity index (χ0v) is 7.47. The van der Waals surface area contributed by atoms with E-state index in [0.717, 1.165) is 6.26 Å². The fraction of sp³-hybridized carbons (Fsp3) is 0.833. The minimum Gasteiger partial charge on any atom is -0.480 e. The maximum Gasteiger partial charge on any atom is 0.320 e. The number of carboxylic acids is 1. The first-order valence-electron chi connectivity index (χ1n) is 3.56. The molecule has 1 saturated heterocycles. The van der Waals surface area contributed by atoms with Crippen LogP contribution >= 0.6 is 0 Å². The van der Waals surface area contributed by atoms with Crippen LogP contribution in [0, 0.1) is 0 Å². The van der Waals surface area contributed by atoms with Crippen LogP contribution in [0.5, 0.6) is 0 Å². The molecule has 1 aliphatic rings. The lowest BCUT2D eigenvalue weighted by molar-refractivity contribution is -0.139. The fourth-order valence-corrected chi connectivity index (χ4v) is 2.16. The van der Waals surface area contributed by atoms with Crippen LogP contribution in [0.25, 0.3) is 0 Å². The van der Waals surface area contributed by atoms with Gasteiger partial charge in [-0.2, -0.15) is 0 Å². The molecule has 0 aliphatic carbocycles. The predicted molar refractivity (Wildman–Crippen MR) is 42.7 cm³/mol. The molecule has 0 saturated carbocycles. The second-order valence-corrected chi connectivity index (χ2v) is 5.31. The molecule has 1 fully saturated rings. The minimum absolute atomic E-state index is 0.175. The fourth-order valence-electron chi connectivity index (χ4n) is 1.22. The summed E-state index contributed by atoms with van der Waals surface area (Å²) in [6, 6.07) is -0.704. The molecular weight excluding hydrogens is 182 g/mol. The third-order valence-corrected chi connectivity index (χ3v) is 3.56. The summed E-state index contributed by atoms with van der Waals surface area (Å²) in [5.41, 5.74) is 0. The molecule has 0 unspecified atom stereocenters. The number of carboxylic acid groups (broad SMARTS) is 1. The average molecular weight is 193 g/mol. The lowest BCUT2D eigenvalue weighted by atomic mass is 10.2. The van der Waals surface area contributed by atoms with Crippen molar-refractivity contribution in [1.82, 2.24) is 5.32 Å². The van der Waals surface area contributed by atoms with Crippen LogP contribution in [0.4, 0.5) is 0 Å². The molecule has 0 aromatic carbocycles. The molecule has 5 nitrogen and oxygen atoms in total. The summed E-state index contributed by atoms with van der Waals surface area (Å²) < 4.78 is 21.9. The zero-order valence-electron chi connectivity index (χ0n) is 6.65. The van der Waals surface area contributed by atoms with Gasteiger partial charge >= 0.3 is 5.97 Å². The summed E-state index contributed by atoms with van der Waals surface area (Å²) in [6.07, 6.45) is 1.30. The van der Waals surface area contributed by atoms with Crippen LogP contribution in [0.3, 0.4) is 0 Å². The molecule has 0 aromatic rings. The number of aliphatic carboxylic acids is 1. The number of hydrogen-bond acceptors (Lipinski definition) is 4. The van der Waals surface area contributed by atoms with Crippen molar-refractivity contribution in [3.05, 3.63) is 0 Å². The van der Waals surface area contributed by atoms with Crippen molar-refractivity contribution in [2.24, 2.45) is 0 Å². The predicted octanol–water partition coefficient (Wildman–Crippen LogP) is -1.15. The molecule has 2 N–H and O–H groups in total. The van der Waals surface area contributed by atoms with Crippen LogP contribution in [0.2, 0.25) is 0 Å². The van der Waals surface area contributed by atoms with Crippen LogP contribution in [0.1, 0.15) is 6.42 Å². The van der Waals surface area contributed by atoms with E-state index in [1.54, 1.807) is 0 Å². The Morgan fingerprint density at radius 3 is 2.42 bits per heavy atom. The summed E-state index contributed by atoms with van der Waals surface area (Å²) in [4.78, 5) is 10.4. The largest absolute Gasteiger partial charge is 0.480 e. The number of sulfone groups is 1. The number of hydrogen-bond donors (Lipinski definition) is 2. The molecular formula is C6H11NO4S. The summed E-state index contributed by atoms with van der Waals surface area (Å²) >= 11 is 0. The molecule has 0 bridgehead atoms.